The minimum atomic E-state index is -3.96. The Morgan fingerprint density at radius 2 is 1.44 bits per heavy atom. The summed E-state index contributed by atoms with van der Waals surface area (Å²) in [5.41, 5.74) is 0. The monoisotopic (exact) mass is 236 g/mol. The lowest BCUT2D eigenvalue weighted by atomic mass is 9.78. The van der Waals surface area contributed by atoms with Crippen LogP contribution in [0.3, 0.4) is 0 Å². The molecule has 1 fully saturated rings. The molecule has 1 rings (SSSR count). The first-order chi connectivity index (χ1) is 7.51. The van der Waals surface area contributed by atoms with Gasteiger partial charge in [0.25, 0.3) is 0 Å². The van der Waals surface area contributed by atoms with Gasteiger partial charge in [0.2, 0.25) is 0 Å². The second-order valence-electron chi connectivity index (χ2n) is 5.18. The average molecular weight is 236 g/mol. The summed E-state index contributed by atoms with van der Waals surface area (Å²) in [5, 5.41) is 0. The third kappa shape index (κ3) is 5.76. The van der Waals surface area contributed by atoms with Crippen LogP contribution in [-0.4, -0.2) is 6.18 Å². The maximum absolute atomic E-state index is 12.1. The third-order valence-electron chi connectivity index (χ3n) is 3.77. The van der Waals surface area contributed by atoms with Gasteiger partial charge in [0.15, 0.2) is 0 Å². The molecular formula is C13H23F3. The number of hydrogen-bond acceptors (Lipinski definition) is 0. The summed E-state index contributed by atoms with van der Waals surface area (Å²) in [4.78, 5) is 0. The number of alkyl halides is 3. The Hall–Kier alpha value is -0.210. The molecule has 1 aliphatic rings. The minimum Gasteiger partial charge on any atom is -0.171 e. The summed E-state index contributed by atoms with van der Waals surface area (Å²) in [7, 11) is 0. The SMILES string of the molecule is CCCCC1CCC(CCC(F)(F)F)CC1. The van der Waals surface area contributed by atoms with Crippen LogP contribution in [0.15, 0.2) is 0 Å². The van der Waals surface area contributed by atoms with E-state index in [4.69, 9.17) is 0 Å². The minimum absolute atomic E-state index is 0.333. The normalized spacial score (nSPS) is 27.0. The lowest BCUT2D eigenvalue weighted by molar-refractivity contribution is -0.138. The van der Waals surface area contributed by atoms with Gasteiger partial charge in [0, 0.05) is 6.42 Å². The van der Waals surface area contributed by atoms with E-state index in [1.165, 1.54) is 19.3 Å². The van der Waals surface area contributed by atoms with Crippen molar-refractivity contribution in [2.24, 2.45) is 11.8 Å². The lowest BCUT2D eigenvalue weighted by Gasteiger charge is -2.28. The summed E-state index contributed by atoms with van der Waals surface area (Å²) >= 11 is 0. The van der Waals surface area contributed by atoms with Crippen molar-refractivity contribution in [3.05, 3.63) is 0 Å². The molecule has 3 heteroatoms. The van der Waals surface area contributed by atoms with E-state index in [0.717, 1.165) is 31.6 Å². The maximum Gasteiger partial charge on any atom is 0.389 e. The summed E-state index contributed by atoms with van der Waals surface area (Å²) in [6.45, 7) is 2.19. The fourth-order valence-electron chi connectivity index (χ4n) is 2.67. The van der Waals surface area contributed by atoms with Gasteiger partial charge in [0.05, 0.1) is 0 Å². The smallest absolute Gasteiger partial charge is 0.171 e. The summed E-state index contributed by atoms with van der Waals surface area (Å²) in [5.74, 6) is 1.13. The second-order valence-corrected chi connectivity index (χ2v) is 5.18. The molecule has 0 aromatic rings. The van der Waals surface area contributed by atoms with Crippen molar-refractivity contribution >= 4 is 0 Å². The predicted molar refractivity (Wildman–Crippen MR) is 60.3 cm³/mol. The molecule has 0 radical (unpaired) electrons. The average Bonchev–Trinajstić information content (AvgIpc) is 2.24. The van der Waals surface area contributed by atoms with Crippen molar-refractivity contribution < 1.29 is 13.2 Å². The quantitative estimate of drug-likeness (QED) is 0.605. The zero-order chi connectivity index (χ0) is 12.0. The number of unbranched alkanes of at least 4 members (excludes halogenated alkanes) is 1. The van der Waals surface area contributed by atoms with E-state index in [-0.39, 0.29) is 0 Å². The zero-order valence-corrected chi connectivity index (χ0v) is 10.2. The fourth-order valence-corrected chi connectivity index (χ4v) is 2.67. The number of halogens is 3. The van der Waals surface area contributed by atoms with Crippen molar-refractivity contribution in [3.8, 4) is 0 Å². The second kappa shape index (κ2) is 6.51. The molecule has 0 aromatic heterocycles. The Kier molecular flexibility index (Phi) is 5.63. The van der Waals surface area contributed by atoms with Crippen LogP contribution in [0.1, 0.15) is 64.7 Å². The van der Waals surface area contributed by atoms with Crippen LogP contribution in [0.2, 0.25) is 0 Å². The van der Waals surface area contributed by atoms with Gasteiger partial charge in [-0.1, -0.05) is 51.9 Å². The molecule has 1 aliphatic carbocycles. The van der Waals surface area contributed by atoms with Crippen LogP contribution in [0.25, 0.3) is 0 Å². The van der Waals surface area contributed by atoms with Crippen LogP contribution in [0, 0.1) is 11.8 Å². The van der Waals surface area contributed by atoms with Crippen molar-refractivity contribution in [2.75, 3.05) is 0 Å². The Balaban J connectivity index is 2.12. The molecule has 0 nitrogen and oxygen atoms in total. The van der Waals surface area contributed by atoms with Crippen LogP contribution in [0.4, 0.5) is 13.2 Å². The van der Waals surface area contributed by atoms with Crippen LogP contribution in [-0.2, 0) is 0 Å². The molecule has 0 heterocycles. The molecule has 0 amide bonds. The van der Waals surface area contributed by atoms with E-state index in [2.05, 4.69) is 6.92 Å². The van der Waals surface area contributed by atoms with Gasteiger partial charge < -0.3 is 0 Å². The van der Waals surface area contributed by atoms with Crippen molar-refractivity contribution in [2.45, 2.75) is 70.9 Å². The first-order valence-electron chi connectivity index (χ1n) is 6.58. The third-order valence-corrected chi connectivity index (χ3v) is 3.77. The van der Waals surface area contributed by atoms with Gasteiger partial charge in [-0.2, -0.15) is 13.2 Å². The highest BCUT2D eigenvalue weighted by atomic mass is 19.4. The van der Waals surface area contributed by atoms with E-state index in [9.17, 15) is 13.2 Å². The molecule has 0 aliphatic heterocycles. The number of rotatable bonds is 5. The largest absolute Gasteiger partial charge is 0.389 e. The van der Waals surface area contributed by atoms with E-state index < -0.39 is 12.6 Å². The molecule has 16 heavy (non-hydrogen) atoms. The number of hydrogen-bond donors (Lipinski definition) is 0. The van der Waals surface area contributed by atoms with Gasteiger partial charge in [-0.05, 0) is 18.3 Å². The lowest BCUT2D eigenvalue weighted by Crippen LogP contribution is -2.17. The molecular weight excluding hydrogens is 213 g/mol. The highest BCUT2D eigenvalue weighted by Crippen LogP contribution is 2.36. The molecule has 0 spiro atoms. The summed E-state index contributed by atoms with van der Waals surface area (Å²) < 4.78 is 36.2. The summed E-state index contributed by atoms with van der Waals surface area (Å²) in [6, 6.07) is 0. The van der Waals surface area contributed by atoms with E-state index >= 15 is 0 Å². The Morgan fingerprint density at radius 1 is 0.938 bits per heavy atom. The first kappa shape index (κ1) is 13.9. The van der Waals surface area contributed by atoms with E-state index in [0.29, 0.717) is 12.3 Å². The van der Waals surface area contributed by atoms with Crippen LogP contribution < -0.4 is 0 Å². The molecule has 0 bridgehead atoms. The maximum atomic E-state index is 12.1. The van der Waals surface area contributed by atoms with Gasteiger partial charge in [0.1, 0.15) is 0 Å². The molecule has 0 unspecified atom stereocenters. The standard InChI is InChI=1S/C13H23F3/c1-2-3-4-11-5-7-12(8-6-11)9-10-13(14,15)16/h11-12H,2-10H2,1H3. The topological polar surface area (TPSA) is 0 Å². The van der Waals surface area contributed by atoms with Gasteiger partial charge in [-0.25, -0.2) is 0 Å². The molecule has 0 saturated heterocycles. The predicted octanol–water partition coefficient (Wildman–Crippen LogP) is 5.33. The Labute approximate surface area is 96.6 Å². The molecule has 0 atom stereocenters. The summed E-state index contributed by atoms with van der Waals surface area (Å²) in [6.07, 6.45) is 3.94. The Bertz CT molecular complexity index is 178. The molecule has 96 valence electrons. The van der Waals surface area contributed by atoms with Gasteiger partial charge in [-0.15, -0.1) is 0 Å². The van der Waals surface area contributed by atoms with Gasteiger partial charge in [-0.3, -0.25) is 0 Å². The van der Waals surface area contributed by atoms with Crippen molar-refractivity contribution in [1.29, 1.82) is 0 Å². The first-order valence-corrected chi connectivity index (χ1v) is 6.58. The van der Waals surface area contributed by atoms with E-state index in [1.54, 1.807) is 0 Å². The highest BCUT2D eigenvalue weighted by molar-refractivity contribution is 4.73. The van der Waals surface area contributed by atoms with Crippen molar-refractivity contribution in [3.63, 3.8) is 0 Å². The van der Waals surface area contributed by atoms with Gasteiger partial charge >= 0.3 is 6.18 Å². The van der Waals surface area contributed by atoms with Crippen LogP contribution in [0.5, 0.6) is 0 Å². The molecule has 0 N–H and O–H groups in total. The molecule has 0 aromatic carbocycles. The zero-order valence-electron chi connectivity index (χ0n) is 10.2. The fraction of sp³-hybridized carbons (Fsp3) is 1.00. The van der Waals surface area contributed by atoms with Crippen molar-refractivity contribution in [1.82, 2.24) is 0 Å². The Morgan fingerprint density at radius 3 is 1.88 bits per heavy atom. The van der Waals surface area contributed by atoms with E-state index in [1.807, 2.05) is 0 Å². The highest BCUT2D eigenvalue weighted by Gasteiger charge is 2.29. The molecule has 1 saturated carbocycles. The van der Waals surface area contributed by atoms with Crippen LogP contribution >= 0.6 is 0 Å².